The largest absolute Gasteiger partial charge is 0.494 e. The van der Waals surface area contributed by atoms with Gasteiger partial charge in [0.25, 0.3) is 17.5 Å². The number of benzene rings is 2. The number of carboxylic acids is 1. The number of unbranched alkanes of at least 4 members (excludes halogenated alkanes) is 1. The lowest BCUT2D eigenvalue weighted by molar-refractivity contribution is -0.384. The van der Waals surface area contributed by atoms with Crippen LogP contribution in [0.1, 0.15) is 42.1 Å². The second-order valence-electron chi connectivity index (χ2n) is 6.99. The zero-order valence-corrected chi connectivity index (χ0v) is 18.1. The van der Waals surface area contributed by atoms with Crippen LogP contribution in [0.15, 0.2) is 54.2 Å². The van der Waals surface area contributed by atoms with Crippen molar-refractivity contribution in [1.82, 2.24) is 10.6 Å². The number of ether oxygens (including phenoxy) is 1. The summed E-state index contributed by atoms with van der Waals surface area (Å²) in [6.45, 7) is 2.49. The fourth-order valence-corrected chi connectivity index (χ4v) is 2.63. The fraction of sp³-hybridized carbons (Fsp3) is 0.261. The fourth-order valence-electron chi connectivity index (χ4n) is 2.63. The van der Waals surface area contributed by atoms with Gasteiger partial charge in [0.05, 0.1) is 18.0 Å². The van der Waals surface area contributed by atoms with Crippen LogP contribution in [0, 0.1) is 10.1 Å². The molecule has 0 radical (unpaired) electrons. The molecule has 10 heteroatoms. The Morgan fingerprint density at radius 3 is 2.33 bits per heavy atom. The Labute approximate surface area is 190 Å². The lowest BCUT2D eigenvalue weighted by Gasteiger charge is -2.11. The van der Waals surface area contributed by atoms with Gasteiger partial charge in [0, 0.05) is 24.2 Å². The third kappa shape index (κ3) is 8.44. The molecule has 0 saturated heterocycles. The molecular formula is C23H25N3O7. The van der Waals surface area contributed by atoms with Crippen LogP contribution in [-0.4, -0.2) is 41.0 Å². The van der Waals surface area contributed by atoms with Gasteiger partial charge in [-0.25, -0.2) is 0 Å². The summed E-state index contributed by atoms with van der Waals surface area (Å²) >= 11 is 0. The van der Waals surface area contributed by atoms with Crippen LogP contribution in [0.5, 0.6) is 5.75 Å². The number of hydrogen-bond donors (Lipinski definition) is 3. The standard InChI is InChI=1S/C23H25N3O7/c1-2-3-14-33-19-10-6-17(7-11-19)22(29)25-20(23(30)24-13-12-21(27)28)15-16-4-8-18(9-5-16)26(31)32/h4-11,15H,2-3,12-14H2,1H3,(H,24,30)(H,25,29)(H,27,28). The van der Waals surface area contributed by atoms with Gasteiger partial charge >= 0.3 is 5.97 Å². The number of nitrogens with zero attached hydrogens (tertiary/aromatic N) is 1. The number of aliphatic carboxylic acids is 1. The summed E-state index contributed by atoms with van der Waals surface area (Å²) in [5.74, 6) is -1.71. The summed E-state index contributed by atoms with van der Waals surface area (Å²) in [6, 6.07) is 11.8. The second-order valence-corrected chi connectivity index (χ2v) is 6.99. The Kier molecular flexibility index (Phi) is 9.56. The van der Waals surface area contributed by atoms with E-state index in [9.17, 15) is 24.5 Å². The Morgan fingerprint density at radius 2 is 1.76 bits per heavy atom. The Hall–Kier alpha value is -4.21. The molecular weight excluding hydrogens is 430 g/mol. The number of hydrogen-bond acceptors (Lipinski definition) is 6. The van der Waals surface area contributed by atoms with Gasteiger partial charge in [0.15, 0.2) is 0 Å². The van der Waals surface area contributed by atoms with Crippen LogP contribution in [0.2, 0.25) is 0 Å². The molecule has 2 rings (SSSR count). The first-order chi connectivity index (χ1) is 15.8. The number of rotatable bonds is 12. The molecule has 10 nitrogen and oxygen atoms in total. The maximum absolute atomic E-state index is 12.7. The molecule has 3 N–H and O–H groups in total. The summed E-state index contributed by atoms with van der Waals surface area (Å²) < 4.78 is 5.57. The Morgan fingerprint density at radius 1 is 1.09 bits per heavy atom. The maximum Gasteiger partial charge on any atom is 0.305 e. The van der Waals surface area contributed by atoms with Crippen molar-refractivity contribution in [1.29, 1.82) is 0 Å². The normalized spacial score (nSPS) is 10.9. The van der Waals surface area contributed by atoms with E-state index in [1.54, 1.807) is 24.3 Å². The van der Waals surface area contributed by atoms with E-state index in [-0.39, 0.29) is 29.9 Å². The number of non-ortho nitro benzene ring substituents is 1. The molecule has 0 spiro atoms. The molecule has 0 aliphatic carbocycles. The zero-order valence-electron chi connectivity index (χ0n) is 18.1. The predicted octanol–water partition coefficient (Wildman–Crippen LogP) is 3.14. The molecule has 0 fully saturated rings. The lowest BCUT2D eigenvalue weighted by atomic mass is 10.1. The van der Waals surface area contributed by atoms with Gasteiger partial charge in [-0.2, -0.15) is 0 Å². The smallest absolute Gasteiger partial charge is 0.305 e. The quantitative estimate of drug-likeness (QED) is 0.193. The second kappa shape index (κ2) is 12.6. The highest BCUT2D eigenvalue weighted by Gasteiger charge is 2.15. The van der Waals surface area contributed by atoms with E-state index < -0.39 is 22.7 Å². The molecule has 33 heavy (non-hydrogen) atoms. The van der Waals surface area contributed by atoms with Crippen molar-refractivity contribution in [2.75, 3.05) is 13.2 Å². The van der Waals surface area contributed by atoms with Crippen LogP contribution in [0.3, 0.4) is 0 Å². The molecule has 0 unspecified atom stereocenters. The van der Waals surface area contributed by atoms with Crippen molar-refractivity contribution in [3.63, 3.8) is 0 Å². The molecule has 0 bridgehead atoms. The van der Waals surface area contributed by atoms with Gasteiger partial charge in [0.1, 0.15) is 11.4 Å². The minimum Gasteiger partial charge on any atom is -0.494 e. The number of nitrogens with one attached hydrogen (secondary N) is 2. The van der Waals surface area contributed by atoms with Gasteiger partial charge < -0.3 is 20.5 Å². The van der Waals surface area contributed by atoms with E-state index in [0.29, 0.717) is 17.9 Å². The SMILES string of the molecule is CCCCOc1ccc(C(=O)NC(=Cc2ccc([N+](=O)[O-])cc2)C(=O)NCCC(=O)O)cc1. The van der Waals surface area contributed by atoms with Crippen LogP contribution < -0.4 is 15.4 Å². The van der Waals surface area contributed by atoms with Gasteiger partial charge in [0.2, 0.25) is 0 Å². The van der Waals surface area contributed by atoms with Crippen LogP contribution in [0.4, 0.5) is 5.69 Å². The number of carbonyl (C=O) groups is 3. The lowest BCUT2D eigenvalue weighted by Crippen LogP contribution is -2.35. The van der Waals surface area contributed by atoms with Gasteiger partial charge in [-0.05, 0) is 54.5 Å². The minimum atomic E-state index is -1.08. The van der Waals surface area contributed by atoms with Crippen molar-refractivity contribution in [3.05, 3.63) is 75.5 Å². The summed E-state index contributed by atoms with van der Waals surface area (Å²) in [4.78, 5) is 46.2. The molecule has 174 valence electrons. The van der Waals surface area contributed by atoms with Crippen molar-refractivity contribution >= 4 is 29.5 Å². The highest BCUT2D eigenvalue weighted by atomic mass is 16.6. The summed E-state index contributed by atoms with van der Waals surface area (Å²) in [6.07, 6.45) is 2.97. The average Bonchev–Trinajstić information content (AvgIpc) is 2.79. The molecule has 2 amide bonds. The first kappa shape index (κ1) is 25.1. The number of carbonyl (C=O) groups excluding carboxylic acids is 2. The summed E-state index contributed by atoms with van der Waals surface area (Å²) in [5.41, 5.74) is 0.460. The molecule has 0 aliphatic heterocycles. The van der Waals surface area contributed by atoms with E-state index in [1.807, 2.05) is 0 Å². The first-order valence-electron chi connectivity index (χ1n) is 10.3. The number of nitro benzene ring substituents is 1. The van der Waals surface area contributed by atoms with Crippen molar-refractivity contribution in [3.8, 4) is 5.75 Å². The van der Waals surface area contributed by atoms with E-state index in [2.05, 4.69) is 17.6 Å². The van der Waals surface area contributed by atoms with E-state index in [1.165, 1.54) is 30.3 Å². The molecule has 0 atom stereocenters. The summed E-state index contributed by atoms with van der Waals surface area (Å²) in [7, 11) is 0. The molecule has 0 heterocycles. The molecule has 2 aromatic carbocycles. The Balaban J connectivity index is 2.18. The van der Waals surface area contributed by atoms with Crippen LogP contribution in [-0.2, 0) is 9.59 Å². The molecule has 0 aliphatic rings. The van der Waals surface area contributed by atoms with E-state index >= 15 is 0 Å². The highest BCUT2D eigenvalue weighted by molar-refractivity contribution is 6.05. The number of carboxylic acid groups (broad SMARTS) is 1. The van der Waals surface area contributed by atoms with Crippen LogP contribution in [0.25, 0.3) is 6.08 Å². The third-order valence-corrected chi connectivity index (χ3v) is 4.42. The monoisotopic (exact) mass is 455 g/mol. The highest BCUT2D eigenvalue weighted by Crippen LogP contribution is 2.16. The van der Waals surface area contributed by atoms with E-state index in [0.717, 1.165) is 12.8 Å². The third-order valence-electron chi connectivity index (χ3n) is 4.42. The van der Waals surface area contributed by atoms with Crippen molar-refractivity contribution in [2.24, 2.45) is 0 Å². The average molecular weight is 455 g/mol. The predicted molar refractivity (Wildman–Crippen MR) is 121 cm³/mol. The van der Waals surface area contributed by atoms with E-state index in [4.69, 9.17) is 9.84 Å². The van der Waals surface area contributed by atoms with Gasteiger partial charge in [-0.15, -0.1) is 0 Å². The molecule has 0 aromatic heterocycles. The topological polar surface area (TPSA) is 148 Å². The summed E-state index contributed by atoms with van der Waals surface area (Å²) in [5, 5.41) is 24.5. The maximum atomic E-state index is 12.7. The first-order valence-corrected chi connectivity index (χ1v) is 10.3. The van der Waals surface area contributed by atoms with Crippen molar-refractivity contribution < 1.29 is 29.2 Å². The van der Waals surface area contributed by atoms with Crippen LogP contribution >= 0.6 is 0 Å². The number of nitro groups is 1. The van der Waals surface area contributed by atoms with Crippen molar-refractivity contribution in [2.45, 2.75) is 26.2 Å². The minimum absolute atomic E-state index is 0.120. The molecule has 2 aromatic rings. The molecule has 0 saturated carbocycles. The number of amides is 2. The Bertz CT molecular complexity index is 1020. The van der Waals surface area contributed by atoms with Gasteiger partial charge in [-0.3, -0.25) is 24.5 Å². The zero-order chi connectivity index (χ0) is 24.2. The van der Waals surface area contributed by atoms with Gasteiger partial charge in [-0.1, -0.05) is 13.3 Å².